The van der Waals surface area contributed by atoms with Gasteiger partial charge in [-0.25, -0.2) is 0 Å². The van der Waals surface area contributed by atoms with E-state index in [9.17, 15) is 4.79 Å². The molecule has 0 bridgehead atoms. The normalized spacial score (nSPS) is 11.4. The molecule has 0 atom stereocenters. The molecule has 0 saturated carbocycles. The first-order valence-corrected chi connectivity index (χ1v) is 9.34. The number of carbonyl (C=O) groups is 1. The molecule has 2 aromatic carbocycles. The average Bonchev–Trinajstić information content (AvgIpc) is 3.08. The van der Waals surface area contributed by atoms with Crippen LogP contribution in [0.1, 0.15) is 42.6 Å². The van der Waals surface area contributed by atoms with Gasteiger partial charge in [-0.3, -0.25) is 4.79 Å². The molecule has 134 valence electrons. The molecule has 1 amide bonds. The van der Waals surface area contributed by atoms with Gasteiger partial charge in [0.15, 0.2) is 0 Å². The Morgan fingerprint density at radius 3 is 2.42 bits per heavy atom. The topological polar surface area (TPSA) is 68.0 Å². The van der Waals surface area contributed by atoms with E-state index in [2.05, 4.69) is 38.0 Å². The summed E-state index contributed by atoms with van der Waals surface area (Å²) in [7, 11) is 0. The van der Waals surface area contributed by atoms with Crippen molar-refractivity contribution in [3.05, 3.63) is 63.1 Å². The Balaban J connectivity index is 1.77. The largest absolute Gasteiger partial charge is 0.338 e. The van der Waals surface area contributed by atoms with Gasteiger partial charge in [-0.05, 0) is 65.4 Å². The van der Waals surface area contributed by atoms with Crippen LogP contribution in [0, 0.1) is 10.5 Å². The highest BCUT2D eigenvalue weighted by Crippen LogP contribution is 2.25. The SMILES string of the molecule is Cc1cccc(C(=O)Nc2ccc(-c3noc(C(C)(C)C)n3)cc2)c1I. The first-order chi connectivity index (χ1) is 12.3. The minimum absolute atomic E-state index is 0.125. The van der Waals surface area contributed by atoms with Gasteiger partial charge in [0, 0.05) is 20.2 Å². The maximum absolute atomic E-state index is 12.5. The van der Waals surface area contributed by atoms with Crippen molar-refractivity contribution >= 4 is 34.2 Å². The first-order valence-electron chi connectivity index (χ1n) is 8.27. The van der Waals surface area contributed by atoms with Gasteiger partial charge in [0.25, 0.3) is 5.91 Å². The van der Waals surface area contributed by atoms with Crippen LogP contribution < -0.4 is 5.32 Å². The van der Waals surface area contributed by atoms with Crippen LogP contribution >= 0.6 is 22.6 Å². The Bertz CT molecular complexity index is 940. The fourth-order valence-electron chi connectivity index (χ4n) is 2.37. The highest BCUT2D eigenvalue weighted by Gasteiger charge is 2.22. The second-order valence-corrected chi connectivity index (χ2v) is 8.22. The Morgan fingerprint density at radius 2 is 1.81 bits per heavy atom. The van der Waals surface area contributed by atoms with Gasteiger partial charge in [0.1, 0.15) is 0 Å². The van der Waals surface area contributed by atoms with E-state index in [-0.39, 0.29) is 11.3 Å². The third-order valence-electron chi connectivity index (χ3n) is 3.91. The van der Waals surface area contributed by atoms with Crippen LogP contribution in [0.5, 0.6) is 0 Å². The summed E-state index contributed by atoms with van der Waals surface area (Å²) in [5.41, 5.74) is 3.12. The molecule has 3 rings (SSSR count). The van der Waals surface area contributed by atoms with E-state index in [1.807, 2.05) is 70.2 Å². The number of benzene rings is 2. The molecule has 0 unspecified atom stereocenters. The molecule has 1 N–H and O–H groups in total. The van der Waals surface area contributed by atoms with E-state index in [0.29, 0.717) is 17.3 Å². The van der Waals surface area contributed by atoms with Crippen molar-refractivity contribution in [1.29, 1.82) is 0 Å². The number of rotatable bonds is 3. The molecule has 0 aliphatic heterocycles. The van der Waals surface area contributed by atoms with Crippen LogP contribution in [-0.4, -0.2) is 16.0 Å². The standard InChI is InChI=1S/C20H20IN3O2/c1-12-6-5-7-15(16(12)21)18(25)22-14-10-8-13(9-11-14)17-23-19(26-24-17)20(2,3)4/h5-11H,1-4H3,(H,22,25). The molecule has 6 heteroatoms. The Kier molecular flexibility index (Phi) is 5.13. The molecule has 0 saturated heterocycles. The molecule has 0 fully saturated rings. The van der Waals surface area contributed by atoms with E-state index in [4.69, 9.17) is 4.52 Å². The highest BCUT2D eigenvalue weighted by molar-refractivity contribution is 14.1. The van der Waals surface area contributed by atoms with Gasteiger partial charge in [-0.15, -0.1) is 0 Å². The minimum atomic E-state index is -0.190. The predicted octanol–water partition coefficient (Wildman–Crippen LogP) is 5.20. The van der Waals surface area contributed by atoms with Crippen molar-refractivity contribution < 1.29 is 9.32 Å². The summed E-state index contributed by atoms with van der Waals surface area (Å²) >= 11 is 2.20. The van der Waals surface area contributed by atoms with Gasteiger partial charge in [0.05, 0.1) is 5.56 Å². The number of halogens is 1. The predicted molar refractivity (Wildman–Crippen MR) is 110 cm³/mol. The maximum Gasteiger partial charge on any atom is 0.256 e. The number of aromatic nitrogens is 2. The molecular weight excluding hydrogens is 441 g/mol. The molecule has 0 radical (unpaired) electrons. The van der Waals surface area contributed by atoms with Crippen molar-refractivity contribution in [3.63, 3.8) is 0 Å². The molecule has 0 aliphatic carbocycles. The van der Waals surface area contributed by atoms with E-state index in [1.54, 1.807) is 0 Å². The lowest BCUT2D eigenvalue weighted by molar-refractivity contribution is 0.102. The maximum atomic E-state index is 12.5. The molecule has 1 heterocycles. The average molecular weight is 461 g/mol. The Labute approximate surface area is 166 Å². The van der Waals surface area contributed by atoms with Gasteiger partial charge in [-0.1, -0.05) is 38.1 Å². The summed E-state index contributed by atoms with van der Waals surface area (Å²) in [5.74, 6) is 1.01. The second-order valence-electron chi connectivity index (χ2n) is 7.14. The lowest BCUT2D eigenvalue weighted by atomic mass is 9.97. The molecular formula is C20H20IN3O2. The highest BCUT2D eigenvalue weighted by atomic mass is 127. The number of anilines is 1. The fraction of sp³-hybridized carbons (Fsp3) is 0.250. The van der Waals surface area contributed by atoms with Crippen molar-refractivity contribution in [2.75, 3.05) is 5.32 Å². The van der Waals surface area contributed by atoms with Crippen molar-refractivity contribution in [1.82, 2.24) is 10.1 Å². The zero-order valence-electron chi connectivity index (χ0n) is 15.1. The molecule has 0 spiro atoms. The first kappa shape index (κ1) is 18.6. The van der Waals surface area contributed by atoms with Crippen LogP contribution in [0.2, 0.25) is 0 Å². The third kappa shape index (κ3) is 3.95. The second kappa shape index (κ2) is 7.19. The number of hydrogen-bond donors (Lipinski definition) is 1. The van der Waals surface area contributed by atoms with E-state index < -0.39 is 0 Å². The quantitative estimate of drug-likeness (QED) is 0.545. The van der Waals surface area contributed by atoms with Crippen LogP contribution in [0.3, 0.4) is 0 Å². The lowest BCUT2D eigenvalue weighted by Gasteiger charge is -2.10. The smallest absolute Gasteiger partial charge is 0.256 e. The summed E-state index contributed by atoms with van der Waals surface area (Å²) in [6.45, 7) is 8.06. The number of nitrogens with one attached hydrogen (secondary N) is 1. The monoisotopic (exact) mass is 461 g/mol. The molecule has 3 aromatic rings. The van der Waals surface area contributed by atoms with Crippen LogP contribution in [0.25, 0.3) is 11.4 Å². The van der Waals surface area contributed by atoms with Crippen LogP contribution in [-0.2, 0) is 5.41 Å². The minimum Gasteiger partial charge on any atom is -0.338 e. The summed E-state index contributed by atoms with van der Waals surface area (Å²) in [6.07, 6.45) is 0. The Morgan fingerprint density at radius 1 is 1.12 bits per heavy atom. The van der Waals surface area contributed by atoms with E-state index in [1.165, 1.54) is 0 Å². The van der Waals surface area contributed by atoms with Crippen molar-refractivity contribution in [3.8, 4) is 11.4 Å². The van der Waals surface area contributed by atoms with Crippen molar-refractivity contribution in [2.24, 2.45) is 0 Å². The van der Waals surface area contributed by atoms with Gasteiger partial charge >= 0.3 is 0 Å². The van der Waals surface area contributed by atoms with Gasteiger partial charge in [-0.2, -0.15) is 4.98 Å². The molecule has 0 aliphatic rings. The summed E-state index contributed by atoms with van der Waals surface area (Å²) in [5, 5.41) is 6.96. The molecule has 5 nitrogen and oxygen atoms in total. The van der Waals surface area contributed by atoms with Crippen LogP contribution in [0.4, 0.5) is 5.69 Å². The third-order valence-corrected chi connectivity index (χ3v) is 5.34. The van der Waals surface area contributed by atoms with E-state index in [0.717, 1.165) is 20.4 Å². The van der Waals surface area contributed by atoms with Crippen LogP contribution in [0.15, 0.2) is 47.0 Å². The number of amides is 1. The van der Waals surface area contributed by atoms with E-state index >= 15 is 0 Å². The number of hydrogen-bond acceptors (Lipinski definition) is 4. The summed E-state index contributed by atoms with van der Waals surface area (Å²) in [4.78, 5) is 16.9. The van der Waals surface area contributed by atoms with Gasteiger partial charge < -0.3 is 9.84 Å². The van der Waals surface area contributed by atoms with Gasteiger partial charge in [0.2, 0.25) is 11.7 Å². The zero-order chi connectivity index (χ0) is 18.9. The molecule has 26 heavy (non-hydrogen) atoms. The lowest BCUT2D eigenvalue weighted by Crippen LogP contribution is -2.13. The Hall–Kier alpha value is -2.22. The summed E-state index contributed by atoms with van der Waals surface area (Å²) < 4.78 is 6.29. The fourth-order valence-corrected chi connectivity index (χ4v) is 2.97. The summed E-state index contributed by atoms with van der Waals surface area (Å²) in [6, 6.07) is 13.1. The zero-order valence-corrected chi connectivity index (χ0v) is 17.3. The molecule has 1 aromatic heterocycles. The van der Waals surface area contributed by atoms with Crippen molar-refractivity contribution in [2.45, 2.75) is 33.1 Å². The number of aryl methyl sites for hydroxylation is 1. The number of nitrogens with zero attached hydrogens (tertiary/aromatic N) is 2. The number of carbonyl (C=O) groups excluding carboxylic acids is 1.